The summed E-state index contributed by atoms with van der Waals surface area (Å²) in [6.45, 7) is 3.08. The summed E-state index contributed by atoms with van der Waals surface area (Å²) in [5, 5.41) is 0. The number of ether oxygens (including phenoxy) is 1. The molecule has 0 spiro atoms. The molecule has 0 radical (unpaired) electrons. The van der Waals surface area contributed by atoms with E-state index in [0.29, 0.717) is 5.92 Å². The van der Waals surface area contributed by atoms with Gasteiger partial charge in [-0.2, -0.15) is 0 Å². The van der Waals surface area contributed by atoms with E-state index in [2.05, 4.69) is 37.3 Å². The van der Waals surface area contributed by atoms with Crippen LogP contribution >= 0.6 is 0 Å². The summed E-state index contributed by atoms with van der Waals surface area (Å²) in [4.78, 5) is 0. The zero-order valence-electron chi connectivity index (χ0n) is 12.3. The lowest BCUT2D eigenvalue weighted by molar-refractivity contribution is 0.160. The molecule has 1 saturated carbocycles. The third-order valence-electron chi connectivity index (χ3n) is 4.87. The van der Waals surface area contributed by atoms with Crippen molar-refractivity contribution in [1.82, 2.24) is 0 Å². The van der Waals surface area contributed by atoms with Gasteiger partial charge in [0, 0.05) is 25.2 Å². The fourth-order valence-electron chi connectivity index (χ4n) is 3.62. The van der Waals surface area contributed by atoms with Crippen molar-refractivity contribution in [3.8, 4) is 0 Å². The SMILES string of the molecule is COCCC(C)C(N)C1(c2ccccc2)CCCC1. The van der Waals surface area contributed by atoms with Crippen LogP contribution in [-0.4, -0.2) is 19.8 Å². The summed E-state index contributed by atoms with van der Waals surface area (Å²) in [5.41, 5.74) is 8.30. The summed E-state index contributed by atoms with van der Waals surface area (Å²) < 4.78 is 5.21. The Morgan fingerprint density at radius 1 is 1.21 bits per heavy atom. The van der Waals surface area contributed by atoms with E-state index < -0.39 is 0 Å². The molecule has 1 aliphatic carbocycles. The fourth-order valence-corrected chi connectivity index (χ4v) is 3.62. The van der Waals surface area contributed by atoms with Crippen molar-refractivity contribution in [2.75, 3.05) is 13.7 Å². The van der Waals surface area contributed by atoms with Gasteiger partial charge in [0.15, 0.2) is 0 Å². The molecule has 2 rings (SSSR count). The molecule has 19 heavy (non-hydrogen) atoms. The molecule has 1 aromatic rings. The molecule has 1 fully saturated rings. The van der Waals surface area contributed by atoms with E-state index in [1.807, 2.05) is 0 Å². The molecular formula is C17H27NO. The lowest BCUT2D eigenvalue weighted by Crippen LogP contribution is -2.48. The van der Waals surface area contributed by atoms with Crippen molar-refractivity contribution >= 4 is 0 Å². The third-order valence-corrected chi connectivity index (χ3v) is 4.87. The zero-order chi connectivity index (χ0) is 13.7. The minimum atomic E-state index is 0.189. The van der Waals surface area contributed by atoms with Crippen molar-refractivity contribution < 1.29 is 4.74 Å². The molecule has 2 heteroatoms. The van der Waals surface area contributed by atoms with E-state index in [1.54, 1.807) is 7.11 Å². The van der Waals surface area contributed by atoms with E-state index in [-0.39, 0.29) is 11.5 Å². The lowest BCUT2D eigenvalue weighted by Gasteiger charge is -2.39. The largest absolute Gasteiger partial charge is 0.385 e. The van der Waals surface area contributed by atoms with Crippen molar-refractivity contribution in [2.24, 2.45) is 11.7 Å². The summed E-state index contributed by atoms with van der Waals surface area (Å²) >= 11 is 0. The van der Waals surface area contributed by atoms with E-state index >= 15 is 0 Å². The number of nitrogens with two attached hydrogens (primary N) is 1. The summed E-state index contributed by atoms with van der Waals surface area (Å²) in [6, 6.07) is 11.1. The second-order valence-electron chi connectivity index (χ2n) is 6.01. The summed E-state index contributed by atoms with van der Waals surface area (Å²) in [5.74, 6) is 0.498. The fraction of sp³-hybridized carbons (Fsp3) is 0.647. The Morgan fingerprint density at radius 2 is 1.84 bits per heavy atom. The maximum atomic E-state index is 6.67. The van der Waals surface area contributed by atoms with E-state index in [0.717, 1.165) is 13.0 Å². The van der Waals surface area contributed by atoms with Crippen molar-refractivity contribution in [3.05, 3.63) is 35.9 Å². The van der Waals surface area contributed by atoms with Crippen LogP contribution in [0.4, 0.5) is 0 Å². The van der Waals surface area contributed by atoms with Gasteiger partial charge in [0.05, 0.1) is 0 Å². The highest BCUT2D eigenvalue weighted by Crippen LogP contribution is 2.45. The van der Waals surface area contributed by atoms with Crippen LogP contribution in [-0.2, 0) is 10.2 Å². The van der Waals surface area contributed by atoms with Gasteiger partial charge in [0.2, 0.25) is 0 Å². The Hall–Kier alpha value is -0.860. The molecule has 0 bridgehead atoms. The quantitative estimate of drug-likeness (QED) is 0.850. The third kappa shape index (κ3) is 3.01. The predicted molar refractivity (Wildman–Crippen MR) is 80.2 cm³/mol. The van der Waals surface area contributed by atoms with Gasteiger partial charge in [-0.1, -0.05) is 50.1 Å². The van der Waals surface area contributed by atoms with Crippen LogP contribution in [0.25, 0.3) is 0 Å². The van der Waals surface area contributed by atoms with Gasteiger partial charge in [0.1, 0.15) is 0 Å². The first-order valence-electron chi connectivity index (χ1n) is 7.51. The van der Waals surface area contributed by atoms with Crippen LogP contribution in [0.3, 0.4) is 0 Å². The second-order valence-corrected chi connectivity index (χ2v) is 6.01. The monoisotopic (exact) mass is 261 g/mol. The first-order chi connectivity index (χ1) is 9.20. The molecule has 0 aliphatic heterocycles. The maximum Gasteiger partial charge on any atom is 0.0465 e. The Balaban J connectivity index is 2.20. The molecule has 2 unspecified atom stereocenters. The summed E-state index contributed by atoms with van der Waals surface area (Å²) in [6.07, 6.45) is 6.12. The van der Waals surface area contributed by atoms with Gasteiger partial charge in [0.25, 0.3) is 0 Å². The molecular weight excluding hydrogens is 234 g/mol. The molecule has 0 amide bonds. The van der Waals surface area contributed by atoms with Crippen LogP contribution in [0.5, 0.6) is 0 Å². The van der Waals surface area contributed by atoms with Gasteiger partial charge in [-0.15, -0.1) is 0 Å². The zero-order valence-corrected chi connectivity index (χ0v) is 12.3. The average molecular weight is 261 g/mol. The van der Waals surface area contributed by atoms with Gasteiger partial charge in [-0.25, -0.2) is 0 Å². The lowest BCUT2D eigenvalue weighted by atomic mass is 9.68. The van der Waals surface area contributed by atoms with Crippen molar-refractivity contribution in [1.29, 1.82) is 0 Å². The van der Waals surface area contributed by atoms with Crippen molar-refractivity contribution in [3.63, 3.8) is 0 Å². The summed E-state index contributed by atoms with van der Waals surface area (Å²) in [7, 11) is 1.76. The number of hydrogen-bond donors (Lipinski definition) is 1. The molecule has 0 aromatic heterocycles. The van der Waals surface area contributed by atoms with Crippen LogP contribution in [0.1, 0.15) is 44.6 Å². The predicted octanol–water partition coefficient (Wildman–Crippen LogP) is 3.50. The molecule has 106 valence electrons. The molecule has 2 atom stereocenters. The molecule has 1 aromatic carbocycles. The Labute approximate surface area is 117 Å². The first-order valence-corrected chi connectivity index (χ1v) is 7.51. The molecule has 1 aliphatic rings. The highest BCUT2D eigenvalue weighted by Gasteiger charge is 2.42. The first kappa shape index (κ1) is 14.5. The minimum absolute atomic E-state index is 0.189. The number of hydrogen-bond acceptors (Lipinski definition) is 2. The Morgan fingerprint density at radius 3 is 2.42 bits per heavy atom. The maximum absolute atomic E-state index is 6.67. The topological polar surface area (TPSA) is 35.2 Å². The highest BCUT2D eigenvalue weighted by molar-refractivity contribution is 5.29. The normalized spacial score (nSPS) is 21.2. The van der Waals surface area contributed by atoms with E-state index in [4.69, 9.17) is 10.5 Å². The highest BCUT2D eigenvalue weighted by atomic mass is 16.5. The number of benzene rings is 1. The molecule has 2 N–H and O–H groups in total. The average Bonchev–Trinajstić information content (AvgIpc) is 2.95. The number of rotatable bonds is 6. The van der Waals surface area contributed by atoms with Gasteiger partial charge in [-0.05, 0) is 30.7 Å². The minimum Gasteiger partial charge on any atom is -0.385 e. The molecule has 2 nitrogen and oxygen atoms in total. The van der Waals surface area contributed by atoms with E-state index in [9.17, 15) is 0 Å². The smallest absolute Gasteiger partial charge is 0.0465 e. The Bertz CT molecular complexity index is 370. The second kappa shape index (κ2) is 6.53. The molecule has 0 saturated heterocycles. The standard InChI is InChI=1S/C17H27NO/c1-14(10-13-19-2)16(18)17(11-6-7-12-17)15-8-4-3-5-9-15/h3-5,8-9,14,16H,6-7,10-13,18H2,1-2H3. The van der Waals surface area contributed by atoms with Gasteiger partial charge >= 0.3 is 0 Å². The molecule has 0 heterocycles. The van der Waals surface area contributed by atoms with Crippen LogP contribution in [0, 0.1) is 5.92 Å². The van der Waals surface area contributed by atoms with Crippen molar-refractivity contribution in [2.45, 2.75) is 50.5 Å². The van der Waals surface area contributed by atoms with Gasteiger partial charge < -0.3 is 10.5 Å². The van der Waals surface area contributed by atoms with E-state index in [1.165, 1.54) is 31.2 Å². The van der Waals surface area contributed by atoms with Crippen LogP contribution < -0.4 is 5.73 Å². The van der Waals surface area contributed by atoms with Crippen LogP contribution in [0.15, 0.2) is 30.3 Å². The number of methoxy groups -OCH3 is 1. The van der Waals surface area contributed by atoms with Crippen LogP contribution in [0.2, 0.25) is 0 Å². The Kier molecular flexibility index (Phi) is 5.00. The van der Waals surface area contributed by atoms with Gasteiger partial charge in [-0.3, -0.25) is 0 Å².